The number of hydrogen-bond acceptors (Lipinski definition) is 2. The summed E-state index contributed by atoms with van der Waals surface area (Å²) in [6.45, 7) is 2.00. The van der Waals surface area contributed by atoms with Crippen LogP contribution >= 0.6 is 11.6 Å². The molecule has 1 saturated carbocycles. The summed E-state index contributed by atoms with van der Waals surface area (Å²) in [5, 5.41) is 14.1. The molecule has 4 heteroatoms. The summed E-state index contributed by atoms with van der Waals surface area (Å²) in [5.74, 6) is 0. The Bertz CT molecular complexity index is 411. The largest absolute Gasteiger partial charge is 0.249 e. The molecule has 0 unspecified atom stereocenters. The van der Waals surface area contributed by atoms with Crippen molar-refractivity contribution < 1.29 is 0 Å². The summed E-state index contributed by atoms with van der Waals surface area (Å²) in [5.41, 5.74) is 1.40. The Morgan fingerprint density at radius 2 is 2.12 bits per heavy atom. The molecule has 0 spiro atoms. The molecular weight excluding hydrogens is 222 g/mol. The SMILES string of the molecule is CCc1nn(C2CCCCC2)c(Cl)c1C#N. The van der Waals surface area contributed by atoms with E-state index in [0.717, 1.165) is 25.0 Å². The molecule has 0 bridgehead atoms. The van der Waals surface area contributed by atoms with Crippen molar-refractivity contribution in [1.82, 2.24) is 9.78 Å². The second kappa shape index (κ2) is 4.88. The maximum absolute atomic E-state index is 9.05. The van der Waals surface area contributed by atoms with Crippen LogP contribution in [0.4, 0.5) is 0 Å². The van der Waals surface area contributed by atoms with Gasteiger partial charge in [0.05, 0.1) is 11.7 Å². The van der Waals surface area contributed by atoms with E-state index in [-0.39, 0.29) is 0 Å². The quantitative estimate of drug-likeness (QED) is 0.790. The molecule has 0 saturated heterocycles. The lowest BCUT2D eigenvalue weighted by Gasteiger charge is -2.22. The first-order valence-electron chi connectivity index (χ1n) is 5.95. The number of nitriles is 1. The molecule has 0 radical (unpaired) electrons. The van der Waals surface area contributed by atoms with Crippen molar-refractivity contribution in [2.24, 2.45) is 0 Å². The van der Waals surface area contributed by atoms with Crippen molar-refractivity contribution in [1.29, 1.82) is 5.26 Å². The number of hydrogen-bond donors (Lipinski definition) is 0. The van der Waals surface area contributed by atoms with Crippen molar-refractivity contribution >= 4 is 11.6 Å². The zero-order valence-electron chi connectivity index (χ0n) is 9.54. The highest BCUT2D eigenvalue weighted by molar-refractivity contribution is 6.30. The van der Waals surface area contributed by atoms with Gasteiger partial charge >= 0.3 is 0 Å². The molecule has 0 aromatic carbocycles. The standard InChI is InChI=1S/C12H16ClN3/c1-2-11-10(8-14)12(13)16(15-11)9-6-4-3-5-7-9/h9H,2-7H2,1H3. The predicted octanol–water partition coefficient (Wildman–Crippen LogP) is 3.48. The summed E-state index contributed by atoms with van der Waals surface area (Å²) < 4.78 is 1.87. The zero-order chi connectivity index (χ0) is 11.5. The molecule has 1 aromatic heterocycles. The van der Waals surface area contributed by atoms with Crippen molar-refractivity contribution in [2.75, 3.05) is 0 Å². The first-order valence-corrected chi connectivity index (χ1v) is 6.32. The van der Waals surface area contributed by atoms with E-state index < -0.39 is 0 Å². The van der Waals surface area contributed by atoms with Crippen LogP contribution in [-0.4, -0.2) is 9.78 Å². The Kier molecular flexibility index (Phi) is 3.50. The van der Waals surface area contributed by atoms with E-state index in [2.05, 4.69) is 11.2 Å². The monoisotopic (exact) mass is 237 g/mol. The van der Waals surface area contributed by atoms with Crippen LogP contribution in [-0.2, 0) is 6.42 Å². The number of aryl methyl sites for hydroxylation is 1. The average molecular weight is 238 g/mol. The molecule has 1 aromatic rings. The lowest BCUT2D eigenvalue weighted by atomic mass is 9.96. The number of aromatic nitrogens is 2. The van der Waals surface area contributed by atoms with Crippen LogP contribution in [0.5, 0.6) is 0 Å². The first kappa shape index (κ1) is 11.5. The van der Waals surface area contributed by atoms with Gasteiger partial charge < -0.3 is 0 Å². The van der Waals surface area contributed by atoms with Crippen LogP contribution in [0.15, 0.2) is 0 Å². The molecule has 0 N–H and O–H groups in total. The highest BCUT2D eigenvalue weighted by atomic mass is 35.5. The van der Waals surface area contributed by atoms with Crippen LogP contribution in [0.25, 0.3) is 0 Å². The molecule has 0 amide bonds. The van der Waals surface area contributed by atoms with Gasteiger partial charge in [-0.25, -0.2) is 4.68 Å². The predicted molar refractivity (Wildman–Crippen MR) is 63.5 cm³/mol. The fourth-order valence-electron chi connectivity index (χ4n) is 2.38. The Morgan fingerprint density at radius 1 is 1.44 bits per heavy atom. The molecule has 0 atom stereocenters. The molecule has 2 rings (SSSR count). The normalized spacial score (nSPS) is 17.3. The minimum atomic E-state index is 0.397. The zero-order valence-corrected chi connectivity index (χ0v) is 10.3. The second-order valence-corrected chi connectivity index (χ2v) is 4.67. The molecule has 3 nitrogen and oxygen atoms in total. The minimum Gasteiger partial charge on any atom is -0.249 e. The maximum Gasteiger partial charge on any atom is 0.145 e. The lowest BCUT2D eigenvalue weighted by Crippen LogP contribution is -2.14. The highest BCUT2D eigenvalue weighted by Crippen LogP contribution is 2.32. The van der Waals surface area contributed by atoms with E-state index in [0.29, 0.717) is 16.8 Å². The van der Waals surface area contributed by atoms with E-state index in [1.54, 1.807) is 0 Å². The lowest BCUT2D eigenvalue weighted by molar-refractivity contribution is 0.328. The molecule has 1 aliphatic carbocycles. The van der Waals surface area contributed by atoms with Crippen LogP contribution in [0.3, 0.4) is 0 Å². The van der Waals surface area contributed by atoms with Crippen LogP contribution < -0.4 is 0 Å². The van der Waals surface area contributed by atoms with Crippen molar-refractivity contribution in [3.63, 3.8) is 0 Å². The van der Waals surface area contributed by atoms with Gasteiger partial charge in [-0.1, -0.05) is 37.8 Å². The van der Waals surface area contributed by atoms with Crippen LogP contribution in [0.1, 0.15) is 56.3 Å². The minimum absolute atomic E-state index is 0.397. The van der Waals surface area contributed by atoms with Crippen molar-refractivity contribution in [2.45, 2.75) is 51.5 Å². The third kappa shape index (κ3) is 1.94. The van der Waals surface area contributed by atoms with Gasteiger partial charge in [-0.05, 0) is 19.3 Å². The van der Waals surface area contributed by atoms with Crippen molar-refractivity contribution in [3.8, 4) is 6.07 Å². The van der Waals surface area contributed by atoms with Gasteiger partial charge in [0.15, 0.2) is 0 Å². The average Bonchev–Trinajstić information content (AvgIpc) is 2.66. The third-order valence-corrected chi connectivity index (χ3v) is 3.65. The Hall–Kier alpha value is -1.01. The van der Waals surface area contributed by atoms with Gasteiger partial charge in [-0.15, -0.1) is 0 Å². The molecule has 1 heterocycles. The third-order valence-electron chi connectivity index (χ3n) is 3.29. The van der Waals surface area contributed by atoms with Gasteiger partial charge in [0.2, 0.25) is 0 Å². The molecule has 1 fully saturated rings. The molecule has 16 heavy (non-hydrogen) atoms. The smallest absolute Gasteiger partial charge is 0.145 e. The topological polar surface area (TPSA) is 41.6 Å². The van der Waals surface area contributed by atoms with E-state index in [1.807, 2.05) is 11.6 Å². The summed E-state index contributed by atoms with van der Waals surface area (Å²) in [6, 6.07) is 2.56. The Labute approximate surface area is 101 Å². The van der Waals surface area contributed by atoms with E-state index in [4.69, 9.17) is 16.9 Å². The summed E-state index contributed by atoms with van der Waals surface area (Å²) in [7, 11) is 0. The van der Waals surface area contributed by atoms with E-state index in [1.165, 1.54) is 19.3 Å². The second-order valence-electron chi connectivity index (χ2n) is 4.31. The summed E-state index contributed by atoms with van der Waals surface area (Å²) in [4.78, 5) is 0. The van der Waals surface area contributed by atoms with Gasteiger partial charge in [-0.2, -0.15) is 10.4 Å². The van der Waals surface area contributed by atoms with Crippen LogP contribution in [0.2, 0.25) is 5.15 Å². The molecule has 1 aliphatic rings. The number of rotatable bonds is 2. The van der Waals surface area contributed by atoms with Crippen molar-refractivity contribution in [3.05, 3.63) is 16.4 Å². The Morgan fingerprint density at radius 3 is 2.62 bits per heavy atom. The Balaban J connectivity index is 2.34. The number of halogens is 1. The number of nitrogens with zero attached hydrogens (tertiary/aromatic N) is 3. The fourth-order valence-corrected chi connectivity index (χ4v) is 2.71. The molecule has 0 aliphatic heterocycles. The van der Waals surface area contributed by atoms with Gasteiger partial charge in [-0.3, -0.25) is 0 Å². The van der Waals surface area contributed by atoms with E-state index >= 15 is 0 Å². The molecule has 86 valence electrons. The van der Waals surface area contributed by atoms with Crippen LogP contribution in [0, 0.1) is 11.3 Å². The molecular formula is C12H16ClN3. The first-order chi connectivity index (χ1) is 7.77. The fraction of sp³-hybridized carbons (Fsp3) is 0.667. The van der Waals surface area contributed by atoms with Gasteiger partial charge in [0.1, 0.15) is 16.8 Å². The maximum atomic E-state index is 9.05. The van der Waals surface area contributed by atoms with Gasteiger partial charge in [0.25, 0.3) is 0 Å². The summed E-state index contributed by atoms with van der Waals surface area (Å²) >= 11 is 6.22. The van der Waals surface area contributed by atoms with E-state index in [9.17, 15) is 0 Å². The van der Waals surface area contributed by atoms with Gasteiger partial charge in [0, 0.05) is 0 Å². The highest BCUT2D eigenvalue weighted by Gasteiger charge is 2.22. The summed E-state index contributed by atoms with van der Waals surface area (Å²) in [6.07, 6.45) is 6.82.